The van der Waals surface area contributed by atoms with E-state index in [2.05, 4.69) is 15.8 Å². The topological polar surface area (TPSA) is 70.6 Å². The van der Waals surface area contributed by atoms with Crippen molar-refractivity contribution >= 4 is 23.7 Å². The van der Waals surface area contributed by atoms with Crippen LogP contribution >= 0.6 is 0 Å². The third-order valence-electron chi connectivity index (χ3n) is 3.27. The van der Waals surface area contributed by atoms with Gasteiger partial charge in [-0.2, -0.15) is 18.3 Å². The Kier molecular flexibility index (Phi) is 6.11. The van der Waals surface area contributed by atoms with E-state index in [1.165, 1.54) is 18.3 Å². The first-order valence-electron chi connectivity index (χ1n) is 7.60. The summed E-state index contributed by atoms with van der Waals surface area (Å²) >= 11 is 0. The molecule has 2 aromatic rings. The van der Waals surface area contributed by atoms with Crippen LogP contribution in [0.1, 0.15) is 23.1 Å². The van der Waals surface area contributed by atoms with E-state index in [4.69, 9.17) is 0 Å². The van der Waals surface area contributed by atoms with Crippen LogP contribution in [0.5, 0.6) is 0 Å². The maximum atomic E-state index is 12.6. The molecule has 0 radical (unpaired) electrons. The fourth-order valence-electron chi connectivity index (χ4n) is 2.00. The highest BCUT2D eigenvalue weighted by Crippen LogP contribution is 2.30. The number of hydrogen-bond acceptors (Lipinski definition) is 3. The molecule has 0 saturated heterocycles. The van der Waals surface area contributed by atoms with Gasteiger partial charge in [0.15, 0.2) is 0 Å². The zero-order valence-electron chi connectivity index (χ0n) is 13.8. The van der Waals surface area contributed by atoms with Crippen molar-refractivity contribution < 1.29 is 22.8 Å². The number of amides is 2. The Balaban J connectivity index is 1.85. The predicted molar refractivity (Wildman–Crippen MR) is 91.6 cm³/mol. The number of alkyl halides is 3. The maximum absolute atomic E-state index is 12.6. The van der Waals surface area contributed by atoms with Gasteiger partial charge in [0.1, 0.15) is 6.42 Å². The van der Waals surface area contributed by atoms with Crippen molar-refractivity contribution in [3.8, 4) is 0 Å². The number of anilines is 1. The molecule has 0 aliphatic carbocycles. The minimum absolute atomic E-state index is 0.0409. The number of carbonyl (C=O) groups excluding carboxylic acids is 2. The molecule has 2 N–H and O–H groups in total. The fraction of sp³-hybridized carbons (Fsp3) is 0.167. The largest absolute Gasteiger partial charge is 0.416 e. The molecule has 2 aromatic carbocycles. The van der Waals surface area contributed by atoms with Crippen LogP contribution in [-0.2, 0) is 15.8 Å². The van der Waals surface area contributed by atoms with Crippen molar-refractivity contribution in [1.82, 2.24) is 5.43 Å². The first-order valence-corrected chi connectivity index (χ1v) is 7.60. The van der Waals surface area contributed by atoms with Crippen molar-refractivity contribution in [3.63, 3.8) is 0 Å². The zero-order valence-corrected chi connectivity index (χ0v) is 13.8. The monoisotopic (exact) mass is 363 g/mol. The van der Waals surface area contributed by atoms with Gasteiger partial charge in [0.05, 0.1) is 11.8 Å². The third-order valence-corrected chi connectivity index (χ3v) is 3.27. The van der Waals surface area contributed by atoms with Crippen molar-refractivity contribution in [2.75, 3.05) is 5.32 Å². The lowest BCUT2D eigenvalue weighted by atomic mass is 10.2. The minimum Gasteiger partial charge on any atom is -0.326 e. The second-order valence-electron chi connectivity index (χ2n) is 5.51. The number of aryl methyl sites for hydroxylation is 1. The Morgan fingerprint density at radius 3 is 2.42 bits per heavy atom. The van der Waals surface area contributed by atoms with Gasteiger partial charge in [0.2, 0.25) is 11.8 Å². The average molecular weight is 363 g/mol. The van der Waals surface area contributed by atoms with E-state index in [-0.39, 0.29) is 5.69 Å². The normalized spacial score (nSPS) is 11.4. The van der Waals surface area contributed by atoms with Crippen molar-refractivity contribution in [3.05, 3.63) is 65.2 Å². The van der Waals surface area contributed by atoms with E-state index in [1.54, 1.807) is 0 Å². The zero-order chi connectivity index (χ0) is 19.2. The van der Waals surface area contributed by atoms with E-state index >= 15 is 0 Å². The van der Waals surface area contributed by atoms with Gasteiger partial charge in [-0.05, 0) is 30.7 Å². The summed E-state index contributed by atoms with van der Waals surface area (Å²) in [6.45, 7) is 1.94. The van der Waals surface area contributed by atoms with E-state index in [0.29, 0.717) is 0 Å². The van der Waals surface area contributed by atoms with Crippen LogP contribution in [0.2, 0.25) is 0 Å². The van der Waals surface area contributed by atoms with Gasteiger partial charge in [-0.15, -0.1) is 0 Å². The number of halogens is 3. The molecule has 0 unspecified atom stereocenters. The molecule has 2 amide bonds. The molecule has 2 rings (SSSR count). The van der Waals surface area contributed by atoms with Crippen LogP contribution in [0.25, 0.3) is 0 Å². The number of benzene rings is 2. The van der Waals surface area contributed by atoms with Gasteiger partial charge in [-0.1, -0.05) is 35.9 Å². The Hall–Kier alpha value is -3.16. The summed E-state index contributed by atoms with van der Waals surface area (Å²) in [5, 5.41) is 5.97. The molecule has 0 bridgehead atoms. The van der Waals surface area contributed by atoms with Crippen LogP contribution in [-0.4, -0.2) is 18.0 Å². The Bertz CT molecular complexity index is 815. The molecule has 0 fully saturated rings. The molecule has 0 atom stereocenters. The summed E-state index contributed by atoms with van der Waals surface area (Å²) in [6.07, 6.45) is -3.66. The van der Waals surface area contributed by atoms with Gasteiger partial charge >= 0.3 is 6.18 Å². The minimum atomic E-state index is -4.51. The molecule has 5 nitrogen and oxygen atoms in total. The van der Waals surface area contributed by atoms with Crippen LogP contribution in [0, 0.1) is 6.92 Å². The van der Waals surface area contributed by atoms with Gasteiger partial charge in [-0.3, -0.25) is 9.59 Å². The lowest BCUT2D eigenvalue weighted by molar-refractivity contribution is -0.137. The summed E-state index contributed by atoms with van der Waals surface area (Å²) in [5.74, 6) is -1.43. The predicted octanol–water partition coefficient (Wildman–Crippen LogP) is 3.49. The lowest BCUT2D eigenvalue weighted by Gasteiger charge is -2.09. The van der Waals surface area contributed by atoms with Gasteiger partial charge in [0, 0.05) is 5.69 Å². The summed E-state index contributed by atoms with van der Waals surface area (Å²) < 4.78 is 37.9. The number of hydrogen-bond donors (Lipinski definition) is 2. The van der Waals surface area contributed by atoms with Gasteiger partial charge in [-0.25, -0.2) is 5.43 Å². The molecule has 8 heteroatoms. The highest BCUT2D eigenvalue weighted by molar-refractivity contribution is 6.03. The third kappa shape index (κ3) is 6.04. The standard InChI is InChI=1S/C18H16F3N3O2/c1-12-5-7-13(8-6-12)11-22-24-17(26)10-16(25)23-15-4-2-3-14(9-15)18(19,20)21/h2-9,11H,10H2,1H3,(H,23,25)(H,24,26). The van der Waals surface area contributed by atoms with Crippen LogP contribution in [0.15, 0.2) is 53.6 Å². The molecule has 136 valence electrons. The van der Waals surface area contributed by atoms with Gasteiger partial charge < -0.3 is 5.32 Å². The molecular weight excluding hydrogens is 347 g/mol. The number of carbonyl (C=O) groups is 2. The van der Waals surface area contributed by atoms with Crippen LogP contribution in [0.4, 0.5) is 18.9 Å². The quantitative estimate of drug-likeness (QED) is 0.485. The number of nitrogens with one attached hydrogen (secondary N) is 2. The van der Waals surface area contributed by atoms with Gasteiger partial charge in [0.25, 0.3) is 0 Å². The van der Waals surface area contributed by atoms with Crippen molar-refractivity contribution in [2.45, 2.75) is 19.5 Å². The molecule has 26 heavy (non-hydrogen) atoms. The molecule has 0 aliphatic rings. The Morgan fingerprint density at radius 1 is 1.08 bits per heavy atom. The first kappa shape index (κ1) is 19.2. The fourth-order valence-corrected chi connectivity index (χ4v) is 2.00. The van der Waals surface area contributed by atoms with E-state index in [9.17, 15) is 22.8 Å². The van der Waals surface area contributed by atoms with Crippen molar-refractivity contribution in [1.29, 1.82) is 0 Å². The summed E-state index contributed by atoms with van der Waals surface area (Å²) in [6, 6.07) is 11.5. The number of nitrogens with zero attached hydrogens (tertiary/aromatic N) is 1. The molecular formula is C18H16F3N3O2. The molecule has 0 spiro atoms. The van der Waals surface area contributed by atoms with Crippen molar-refractivity contribution in [2.24, 2.45) is 5.10 Å². The van der Waals surface area contributed by atoms with E-state index < -0.39 is 30.0 Å². The van der Waals surface area contributed by atoms with E-state index in [0.717, 1.165) is 23.3 Å². The first-order chi connectivity index (χ1) is 12.2. The molecule has 0 aliphatic heterocycles. The Morgan fingerprint density at radius 2 is 1.77 bits per heavy atom. The highest BCUT2D eigenvalue weighted by atomic mass is 19.4. The second-order valence-corrected chi connectivity index (χ2v) is 5.51. The second kappa shape index (κ2) is 8.28. The number of rotatable bonds is 5. The smallest absolute Gasteiger partial charge is 0.326 e. The van der Waals surface area contributed by atoms with Crippen LogP contribution in [0.3, 0.4) is 0 Å². The highest BCUT2D eigenvalue weighted by Gasteiger charge is 2.30. The SMILES string of the molecule is Cc1ccc(C=NNC(=O)CC(=O)Nc2cccc(C(F)(F)F)c2)cc1. The summed E-state index contributed by atoms with van der Waals surface area (Å²) in [4.78, 5) is 23.4. The summed E-state index contributed by atoms with van der Waals surface area (Å²) in [5.41, 5.74) is 3.11. The van der Waals surface area contributed by atoms with Crippen LogP contribution < -0.4 is 10.7 Å². The Labute approximate surface area is 147 Å². The average Bonchev–Trinajstić information content (AvgIpc) is 2.56. The number of hydrazone groups is 1. The maximum Gasteiger partial charge on any atom is 0.416 e. The lowest BCUT2D eigenvalue weighted by Crippen LogP contribution is -2.24. The molecule has 0 aromatic heterocycles. The van der Waals surface area contributed by atoms with E-state index in [1.807, 2.05) is 31.2 Å². The summed E-state index contributed by atoms with van der Waals surface area (Å²) in [7, 11) is 0. The molecule has 0 heterocycles. The molecule has 0 saturated carbocycles.